The van der Waals surface area contributed by atoms with E-state index in [1.54, 1.807) is 0 Å². The molecule has 1 heterocycles. The molecule has 2 rings (SSSR count). The van der Waals surface area contributed by atoms with Crippen LogP contribution in [0, 0.1) is 13.8 Å². The molecule has 0 aliphatic carbocycles. The Labute approximate surface area is 116 Å². The number of ether oxygens (including phenoxy) is 1. The van der Waals surface area contributed by atoms with Gasteiger partial charge in [0.2, 0.25) is 5.89 Å². The lowest BCUT2D eigenvalue weighted by Crippen LogP contribution is -2.20. The van der Waals surface area contributed by atoms with E-state index in [1.807, 2.05) is 32.0 Å². The Bertz CT molecular complexity index is 625. The Morgan fingerprint density at radius 3 is 2.60 bits per heavy atom. The van der Waals surface area contributed by atoms with Crippen LogP contribution in [0.1, 0.15) is 28.7 Å². The summed E-state index contributed by atoms with van der Waals surface area (Å²) in [6.07, 6.45) is -0.813. The van der Waals surface area contributed by atoms with Gasteiger partial charge >= 0.3 is 5.76 Å². The number of hydrogen-bond acceptors (Lipinski definition) is 5. The maximum atomic E-state index is 11.6. The number of methoxy groups -OCH3 is 1. The van der Waals surface area contributed by atoms with E-state index in [2.05, 4.69) is 5.10 Å². The fraction of sp³-hybridized carbons (Fsp3) is 0.429. The predicted octanol–water partition coefficient (Wildman–Crippen LogP) is 1.33. The molecule has 0 bridgehead atoms. The van der Waals surface area contributed by atoms with Crippen LogP contribution < -0.4 is 5.76 Å². The van der Waals surface area contributed by atoms with Gasteiger partial charge in [-0.05, 0) is 19.4 Å². The number of benzene rings is 1. The first kappa shape index (κ1) is 14.5. The maximum Gasteiger partial charge on any atom is 0.437 e. The minimum absolute atomic E-state index is 0.0505. The summed E-state index contributed by atoms with van der Waals surface area (Å²) >= 11 is 0. The number of rotatable bonds is 5. The second kappa shape index (κ2) is 6.02. The average molecular weight is 278 g/mol. The van der Waals surface area contributed by atoms with Gasteiger partial charge in [-0.25, -0.2) is 4.79 Å². The van der Waals surface area contributed by atoms with Crippen molar-refractivity contribution < 1.29 is 14.3 Å². The number of aromatic nitrogens is 2. The zero-order chi connectivity index (χ0) is 14.7. The predicted molar refractivity (Wildman–Crippen MR) is 72.4 cm³/mol. The van der Waals surface area contributed by atoms with Gasteiger partial charge in [-0.15, -0.1) is 5.10 Å². The zero-order valence-electron chi connectivity index (χ0n) is 11.8. The largest absolute Gasteiger partial charge is 0.437 e. The van der Waals surface area contributed by atoms with Crippen LogP contribution in [0.15, 0.2) is 27.4 Å². The van der Waals surface area contributed by atoms with E-state index in [0.29, 0.717) is 0 Å². The van der Waals surface area contributed by atoms with Crippen LogP contribution in [0.3, 0.4) is 0 Å². The molecule has 0 saturated carbocycles. The standard InChI is InChI=1S/C14H18N2O4/c1-9-4-10(2)6-11(5-9)12(17)7-16-14(18)20-13(15-16)8-19-3/h4-6,12,17H,7-8H2,1-3H3. The molecule has 0 aliphatic heterocycles. The first-order chi connectivity index (χ1) is 9.49. The summed E-state index contributed by atoms with van der Waals surface area (Å²) in [4.78, 5) is 11.6. The molecule has 1 aromatic carbocycles. The lowest BCUT2D eigenvalue weighted by molar-refractivity contribution is 0.148. The normalized spacial score (nSPS) is 12.6. The van der Waals surface area contributed by atoms with Crippen LogP contribution in [0.5, 0.6) is 0 Å². The molecule has 0 aliphatic rings. The van der Waals surface area contributed by atoms with Gasteiger partial charge in [0.1, 0.15) is 6.61 Å². The molecule has 0 amide bonds. The van der Waals surface area contributed by atoms with Crippen molar-refractivity contribution in [2.45, 2.75) is 33.1 Å². The third kappa shape index (κ3) is 3.34. The molecule has 108 valence electrons. The van der Waals surface area contributed by atoms with Crippen molar-refractivity contribution >= 4 is 0 Å². The van der Waals surface area contributed by atoms with Crippen LogP contribution in [-0.2, 0) is 17.9 Å². The second-order valence-electron chi connectivity index (χ2n) is 4.81. The molecule has 1 aromatic heterocycles. The van der Waals surface area contributed by atoms with Gasteiger partial charge in [0.05, 0.1) is 12.6 Å². The summed E-state index contributed by atoms with van der Waals surface area (Å²) in [5, 5.41) is 14.2. The molecule has 6 heteroatoms. The van der Waals surface area contributed by atoms with Crippen molar-refractivity contribution in [1.82, 2.24) is 9.78 Å². The topological polar surface area (TPSA) is 77.5 Å². The van der Waals surface area contributed by atoms with Crippen molar-refractivity contribution in [3.63, 3.8) is 0 Å². The summed E-state index contributed by atoms with van der Waals surface area (Å²) in [5.41, 5.74) is 2.88. The molecule has 0 fully saturated rings. The van der Waals surface area contributed by atoms with Crippen LogP contribution in [0.25, 0.3) is 0 Å². The van der Waals surface area contributed by atoms with Crippen molar-refractivity contribution in [3.05, 3.63) is 51.3 Å². The third-order valence-electron chi connectivity index (χ3n) is 2.89. The van der Waals surface area contributed by atoms with Crippen molar-refractivity contribution in [3.8, 4) is 0 Å². The van der Waals surface area contributed by atoms with Gasteiger partial charge in [-0.3, -0.25) is 0 Å². The summed E-state index contributed by atoms with van der Waals surface area (Å²) in [5.74, 6) is -0.398. The Morgan fingerprint density at radius 2 is 2.00 bits per heavy atom. The molecule has 2 aromatic rings. The Balaban J connectivity index is 2.18. The van der Waals surface area contributed by atoms with E-state index in [1.165, 1.54) is 7.11 Å². The zero-order valence-corrected chi connectivity index (χ0v) is 11.8. The highest BCUT2D eigenvalue weighted by molar-refractivity contribution is 5.29. The van der Waals surface area contributed by atoms with Gasteiger partial charge in [0, 0.05) is 7.11 Å². The molecule has 0 radical (unpaired) electrons. The average Bonchev–Trinajstić information content (AvgIpc) is 2.69. The van der Waals surface area contributed by atoms with E-state index >= 15 is 0 Å². The van der Waals surface area contributed by atoms with Gasteiger partial charge in [0.25, 0.3) is 0 Å². The first-order valence-corrected chi connectivity index (χ1v) is 6.31. The van der Waals surface area contributed by atoms with Crippen LogP contribution >= 0.6 is 0 Å². The fourth-order valence-corrected chi connectivity index (χ4v) is 2.12. The second-order valence-corrected chi connectivity index (χ2v) is 4.81. The Hall–Kier alpha value is -1.92. The molecule has 20 heavy (non-hydrogen) atoms. The summed E-state index contributed by atoms with van der Waals surface area (Å²) in [6, 6.07) is 5.80. The highest BCUT2D eigenvalue weighted by Gasteiger charge is 2.14. The monoisotopic (exact) mass is 278 g/mol. The lowest BCUT2D eigenvalue weighted by Gasteiger charge is -2.11. The molecule has 1 unspecified atom stereocenters. The Kier molecular flexibility index (Phi) is 4.36. The Morgan fingerprint density at radius 1 is 1.35 bits per heavy atom. The van der Waals surface area contributed by atoms with E-state index in [-0.39, 0.29) is 19.0 Å². The van der Waals surface area contributed by atoms with E-state index in [0.717, 1.165) is 21.4 Å². The lowest BCUT2D eigenvalue weighted by atomic mass is 10.0. The van der Waals surface area contributed by atoms with E-state index in [4.69, 9.17) is 9.15 Å². The SMILES string of the molecule is COCc1nn(CC(O)c2cc(C)cc(C)c2)c(=O)o1. The molecular weight excluding hydrogens is 260 g/mol. The highest BCUT2D eigenvalue weighted by atomic mass is 16.5. The van der Waals surface area contributed by atoms with E-state index < -0.39 is 11.9 Å². The van der Waals surface area contributed by atoms with Gasteiger partial charge in [-0.1, -0.05) is 29.3 Å². The fourth-order valence-electron chi connectivity index (χ4n) is 2.12. The molecule has 0 spiro atoms. The van der Waals surface area contributed by atoms with Gasteiger partial charge in [-0.2, -0.15) is 4.68 Å². The minimum atomic E-state index is -0.813. The number of nitrogens with zero attached hydrogens (tertiary/aromatic N) is 2. The smallest absolute Gasteiger partial charge is 0.390 e. The van der Waals surface area contributed by atoms with Crippen LogP contribution in [-0.4, -0.2) is 22.0 Å². The number of hydrogen-bond donors (Lipinski definition) is 1. The van der Waals surface area contributed by atoms with Crippen molar-refractivity contribution in [2.24, 2.45) is 0 Å². The minimum Gasteiger partial charge on any atom is -0.390 e. The van der Waals surface area contributed by atoms with Crippen molar-refractivity contribution in [1.29, 1.82) is 0 Å². The van der Waals surface area contributed by atoms with Gasteiger partial charge < -0.3 is 14.3 Å². The quantitative estimate of drug-likeness (QED) is 0.892. The summed E-state index contributed by atoms with van der Waals surface area (Å²) < 4.78 is 10.9. The van der Waals surface area contributed by atoms with Crippen LogP contribution in [0.2, 0.25) is 0 Å². The molecule has 1 atom stereocenters. The molecule has 0 saturated heterocycles. The number of aryl methyl sites for hydroxylation is 2. The van der Waals surface area contributed by atoms with Crippen molar-refractivity contribution in [2.75, 3.05) is 7.11 Å². The van der Waals surface area contributed by atoms with Gasteiger partial charge in [0.15, 0.2) is 0 Å². The molecule has 1 N–H and O–H groups in total. The van der Waals surface area contributed by atoms with Crippen LogP contribution in [0.4, 0.5) is 0 Å². The maximum absolute atomic E-state index is 11.6. The number of aliphatic hydroxyl groups excluding tert-OH is 1. The first-order valence-electron chi connectivity index (χ1n) is 6.31. The van der Waals surface area contributed by atoms with E-state index in [9.17, 15) is 9.90 Å². The third-order valence-corrected chi connectivity index (χ3v) is 2.89. The molecular formula is C14H18N2O4. The number of aliphatic hydroxyl groups is 1. The molecule has 6 nitrogen and oxygen atoms in total. The summed E-state index contributed by atoms with van der Waals surface area (Å²) in [6.45, 7) is 4.10. The highest BCUT2D eigenvalue weighted by Crippen LogP contribution is 2.18. The summed E-state index contributed by atoms with van der Waals surface area (Å²) in [7, 11) is 1.49.